The predicted octanol–water partition coefficient (Wildman–Crippen LogP) is 5.32. The lowest BCUT2D eigenvalue weighted by molar-refractivity contribution is -0.137. The number of hydroxylamine groups is 1. The molecule has 0 bridgehead atoms. The number of nitrogens with zero attached hydrogens (tertiary/aromatic N) is 4. The third-order valence-corrected chi connectivity index (χ3v) is 7.20. The van der Waals surface area contributed by atoms with Crippen LogP contribution in [-0.4, -0.2) is 43.8 Å². The number of halogens is 4. The van der Waals surface area contributed by atoms with Crippen LogP contribution in [0.5, 0.6) is 0 Å². The van der Waals surface area contributed by atoms with Crippen LogP contribution < -0.4 is 10.1 Å². The Kier molecular flexibility index (Phi) is 7.46. The van der Waals surface area contributed by atoms with E-state index in [9.17, 15) is 21.6 Å². The van der Waals surface area contributed by atoms with Gasteiger partial charge < -0.3 is 0 Å². The molecule has 0 radical (unpaired) electrons. The molecule has 192 valence electrons. The topological polar surface area (TPSA) is 66.0 Å². The first-order chi connectivity index (χ1) is 16.9. The number of hydrogen-bond donors (Lipinski definition) is 0. The summed E-state index contributed by atoms with van der Waals surface area (Å²) in [6.07, 6.45) is -3.12. The summed E-state index contributed by atoms with van der Waals surface area (Å²) in [5.74, 6) is -0.132. The van der Waals surface area contributed by atoms with Crippen LogP contribution in [0.3, 0.4) is 0 Å². The van der Waals surface area contributed by atoms with Crippen molar-refractivity contribution in [1.82, 2.24) is 9.40 Å². The Morgan fingerprint density at radius 1 is 1.11 bits per heavy atom. The highest BCUT2D eigenvalue weighted by molar-refractivity contribution is 7.88. The van der Waals surface area contributed by atoms with Crippen LogP contribution in [0.4, 0.5) is 24.7 Å². The van der Waals surface area contributed by atoms with E-state index in [4.69, 9.17) is 16.4 Å². The van der Waals surface area contributed by atoms with Crippen LogP contribution in [0.25, 0.3) is 0 Å². The summed E-state index contributed by atoms with van der Waals surface area (Å²) in [6, 6.07) is 19.6. The van der Waals surface area contributed by atoms with E-state index in [-0.39, 0.29) is 23.4 Å². The highest BCUT2D eigenvalue weighted by Gasteiger charge is 2.39. The molecule has 1 fully saturated rings. The van der Waals surface area contributed by atoms with E-state index < -0.39 is 27.9 Å². The summed E-state index contributed by atoms with van der Waals surface area (Å²) in [5, 5.41) is 2.55. The molecule has 1 saturated heterocycles. The van der Waals surface area contributed by atoms with Gasteiger partial charge in [-0.3, -0.25) is 9.85 Å². The Balaban J connectivity index is 1.62. The Morgan fingerprint density at radius 3 is 2.28 bits per heavy atom. The zero-order chi connectivity index (χ0) is 26.1. The summed E-state index contributed by atoms with van der Waals surface area (Å²) in [7, 11) is -2.50. The number of rotatable bonds is 7. The van der Waals surface area contributed by atoms with Crippen molar-refractivity contribution < 1.29 is 26.4 Å². The number of pyridine rings is 1. The summed E-state index contributed by atoms with van der Waals surface area (Å²) >= 11 is 6.08. The molecule has 0 saturated carbocycles. The van der Waals surface area contributed by atoms with Crippen molar-refractivity contribution in [3.8, 4) is 0 Å². The van der Waals surface area contributed by atoms with Crippen molar-refractivity contribution >= 4 is 33.1 Å². The molecule has 2 aromatic carbocycles. The number of benzene rings is 2. The number of sulfonamides is 1. The second kappa shape index (κ2) is 10.3. The van der Waals surface area contributed by atoms with Gasteiger partial charge in [-0.2, -0.15) is 13.2 Å². The molecule has 0 spiro atoms. The molecule has 2 atom stereocenters. The van der Waals surface area contributed by atoms with E-state index in [1.54, 1.807) is 5.06 Å². The lowest BCUT2D eigenvalue weighted by Gasteiger charge is -2.32. The molecule has 1 aliphatic heterocycles. The van der Waals surface area contributed by atoms with Gasteiger partial charge in [0.15, 0.2) is 5.82 Å². The quantitative estimate of drug-likeness (QED) is 0.378. The molecule has 0 amide bonds. The van der Waals surface area contributed by atoms with Crippen LogP contribution in [-0.2, 0) is 21.0 Å². The first-order valence-electron chi connectivity index (χ1n) is 10.9. The SMILES string of the molecule is CN(c1ncc(C(F)(F)F)cc1Cl)N(CC1CC(c2ccccc2)N(c2ccccc2)O1)S(C)(=O)=O. The van der Waals surface area contributed by atoms with Gasteiger partial charge in [-0.15, -0.1) is 4.41 Å². The van der Waals surface area contributed by atoms with E-state index >= 15 is 0 Å². The van der Waals surface area contributed by atoms with Crippen molar-refractivity contribution in [2.45, 2.75) is 24.7 Å². The molecule has 0 aliphatic carbocycles. The van der Waals surface area contributed by atoms with Crippen LogP contribution in [0.2, 0.25) is 5.02 Å². The molecule has 4 rings (SSSR count). The monoisotopic (exact) mass is 540 g/mol. The largest absolute Gasteiger partial charge is 0.417 e. The summed E-state index contributed by atoms with van der Waals surface area (Å²) in [5.41, 5.74) is 0.773. The molecule has 3 aromatic rings. The highest BCUT2D eigenvalue weighted by atomic mass is 35.5. The van der Waals surface area contributed by atoms with Crippen LogP contribution in [0, 0.1) is 0 Å². The Bertz CT molecular complexity index is 1250. The van der Waals surface area contributed by atoms with Gasteiger partial charge in [0.05, 0.1) is 35.1 Å². The van der Waals surface area contributed by atoms with Crippen molar-refractivity contribution in [3.05, 3.63) is 89.1 Å². The first kappa shape index (κ1) is 26.2. The van der Waals surface area contributed by atoms with Crippen LogP contribution in [0.1, 0.15) is 23.6 Å². The predicted molar refractivity (Wildman–Crippen MR) is 132 cm³/mol. The van der Waals surface area contributed by atoms with Gasteiger partial charge in [-0.05, 0) is 23.8 Å². The molecule has 1 aliphatic rings. The molecular weight excluding hydrogens is 517 g/mol. The Hall–Kier alpha value is -2.86. The minimum atomic E-state index is -4.63. The van der Waals surface area contributed by atoms with Crippen LogP contribution >= 0.6 is 11.6 Å². The van der Waals surface area contributed by atoms with E-state index in [1.165, 1.54) is 7.05 Å². The molecule has 36 heavy (non-hydrogen) atoms. The maximum atomic E-state index is 13.0. The average molecular weight is 541 g/mol. The smallest absolute Gasteiger partial charge is 0.278 e. The standard InChI is InChI=1S/C24H24ClF3N4O3S/c1-30(23-21(25)13-18(15-29-23)24(26,27)28)31(36(2,33)34)16-20-14-22(17-9-5-3-6-10-17)32(35-20)19-11-7-4-8-12-19/h3-13,15,20,22H,14,16H2,1-2H3. The second-order valence-electron chi connectivity index (χ2n) is 8.37. The van der Waals surface area contributed by atoms with E-state index in [1.807, 2.05) is 60.7 Å². The molecular formula is C24H24ClF3N4O3S. The average Bonchev–Trinajstić information content (AvgIpc) is 3.26. The molecule has 2 heterocycles. The number of anilines is 2. The minimum absolute atomic E-state index is 0.110. The van der Waals surface area contributed by atoms with Gasteiger partial charge in [0.1, 0.15) is 6.10 Å². The molecule has 0 N–H and O–H groups in total. The van der Waals surface area contributed by atoms with Gasteiger partial charge in [0.25, 0.3) is 0 Å². The number of hydrazine groups is 1. The van der Waals surface area contributed by atoms with Crippen LogP contribution in [0.15, 0.2) is 72.9 Å². The number of alkyl halides is 3. The van der Waals surface area contributed by atoms with Crippen molar-refractivity contribution in [1.29, 1.82) is 0 Å². The zero-order valence-corrected chi connectivity index (χ0v) is 21.0. The lowest BCUT2D eigenvalue weighted by Crippen LogP contribution is -2.48. The van der Waals surface area contributed by atoms with Crippen molar-refractivity contribution in [2.75, 3.05) is 29.9 Å². The number of hydrogen-bond acceptors (Lipinski definition) is 6. The zero-order valence-electron chi connectivity index (χ0n) is 19.4. The fourth-order valence-corrected chi connectivity index (χ4v) is 5.32. The maximum absolute atomic E-state index is 13.0. The Labute approximate surface area is 212 Å². The maximum Gasteiger partial charge on any atom is 0.417 e. The molecule has 12 heteroatoms. The van der Waals surface area contributed by atoms with Gasteiger partial charge in [-0.1, -0.05) is 60.1 Å². The summed E-state index contributed by atoms with van der Waals surface area (Å²) < 4.78 is 65.6. The van der Waals surface area contributed by atoms with E-state index in [2.05, 4.69) is 4.98 Å². The van der Waals surface area contributed by atoms with E-state index in [0.29, 0.717) is 12.6 Å². The van der Waals surface area contributed by atoms with Crippen molar-refractivity contribution in [3.63, 3.8) is 0 Å². The normalized spacial score (nSPS) is 18.6. The number of para-hydroxylation sites is 1. The second-order valence-corrected chi connectivity index (χ2v) is 10.7. The lowest BCUT2D eigenvalue weighted by atomic mass is 10.0. The van der Waals surface area contributed by atoms with Gasteiger partial charge in [0, 0.05) is 19.7 Å². The Morgan fingerprint density at radius 2 is 1.72 bits per heavy atom. The fraction of sp³-hybridized carbons (Fsp3) is 0.292. The van der Waals surface area contributed by atoms with Crippen molar-refractivity contribution in [2.24, 2.45) is 0 Å². The minimum Gasteiger partial charge on any atom is -0.278 e. The molecule has 7 nitrogen and oxygen atoms in total. The van der Waals surface area contributed by atoms with Gasteiger partial charge in [-0.25, -0.2) is 18.5 Å². The fourth-order valence-electron chi connectivity index (χ4n) is 4.08. The number of aromatic nitrogens is 1. The third-order valence-electron chi connectivity index (χ3n) is 5.76. The first-order valence-corrected chi connectivity index (χ1v) is 13.2. The molecule has 1 aromatic heterocycles. The highest BCUT2D eigenvalue weighted by Crippen LogP contribution is 2.39. The third kappa shape index (κ3) is 5.75. The summed E-state index contributed by atoms with van der Waals surface area (Å²) in [6.45, 7) is -0.110. The van der Waals surface area contributed by atoms with E-state index in [0.717, 1.165) is 33.0 Å². The summed E-state index contributed by atoms with van der Waals surface area (Å²) in [4.78, 5) is 10.0. The van der Waals surface area contributed by atoms with Gasteiger partial charge in [0.2, 0.25) is 10.0 Å². The van der Waals surface area contributed by atoms with Gasteiger partial charge >= 0.3 is 6.18 Å². The molecule has 2 unspecified atom stereocenters.